The topological polar surface area (TPSA) is 72.9 Å². The molecule has 0 spiro atoms. The van der Waals surface area contributed by atoms with E-state index in [2.05, 4.69) is 0 Å². The lowest BCUT2D eigenvalue weighted by Gasteiger charge is -2.27. The van der Waals surface area contributed by atoms with Crippen LogP contribution in [0.25, 0.3) is 0 Å². The molecule has 1 aliphatic rings. The van der Waals surface area contributed by atoms with Crippen LogP contribution in [0.4, 0.5) is 0 Å². The molecule has 1 heterocycles. The van der Waals surface area contributed by atoms with Gasteiger partial charge in [0.05, 0.1) is 19.1 Å². The Morgan fingerprint density at radius 3 is 2.58 bits per heavy atom. The first-order valence-corrected chi connectivity index (χ1v) is 9.06. The number of carbonyl (C=O) groups is 3. The van der Waals surface area contributed by atoms with Crippen molar-refractivity contribution in [2.75, 3.05) is 26.8 Å². The summed E-state index contributed by atoms with van der Waals surface area (Å²) in [6.07, 6.45) is 2.14. The fourth-order valence-electron chi connectivity index (χ4n) is 3.07. The molecule has 1 aromatic carbocycles. The molecule has 1 saturated heterocycles. The number of rotatable bonds is 9. The molecule has 0 bridgehead atoms. The second kappa shape index (κ2) is 10.1. The fourth-order valence-corrected chi connectivity index (χ4v) is 3.07. The minimum absolute atomic E-state index is 0.00591. The van der Waals surface area contributed by atoms with Crippen molar-refractivity contribution < 1.29 is 23.9 Å². The Morgan fingerprint density at radius 2 is 1.96 bits per heavy atom. The third kappa shape index (κ3) is 5.95. The summed E-state index contributed by atoms with van der Waals surface area (Å²) >= 11 is 0. The van der Waals surface area contributed by atoms with Crippen LogP contribution < -0.4 is 0 Å². The van der Waals surface area contributed by atoms with Crippen LogP contribution in [0.15, 0.2) is 30.3 Å². The Balaban J connectivity index is 1.94. The summed E-state index contributed by atoms with van der Waals surface area (Å²) in [4.78, 5) is 38.3. The monoisotopic (exact) mass is 361 g/mol. The zero-order chi connectivity index (χ0) is 18.9. The van der Waals surface area contributed by atoms with Gasteiger partial charge in [-0.05, 0) is 12.8 Å². The van der Waals surface area contributed by atoms with E-state index in [-0.39, 0.29) is 43.2 Å². The lowest BCUT2D eigenvalue weighted by atomic mass is 10.1. The Hall–Kier alpha value is -2.21. The van der Waals surface area contributed by atoms with Gasteiger partial charge in [-0.1, -0.05) is 37.3 Å². The van der Waals surface area contributed by atoms with E-state index in [1.807, 2.05) is 6.07 Å². The van der Waals surface area contributed by atoms with Crippen molar-refractivity contribution in [2.45, 2.75) is 38.7 Å². The third-order valence-electron chi connectivity index (χ3n) is 4.56. The van der Waals surface area contributed by atoms with Gasteiger partial charge < -0.3 is 14.4 Å². The Kier molecular flexibility index (Phi) is 7.78. The molecular formula is C20H27NO5. The van der Waals surface area contributed by atoms with E-state index in [9.17, 15) is 14.4 Å². The van der Waals surface area contributed by atoms with Gasteiger partial charge in [0.15, 0.2) is 5.78 Å². The summed E-state index contributed by atoms with van der Waals surface area (Å²) in [5.41, 5.74) is 0.605. The summed E-state index contributed by atoms with van der Waals surface area (Å²) < 4.78 is 10.4. The highest BCUT2D eigenvalue weighted by Crippen LogP contribution is 2.16. The van der Waals surface area contributed by atoms with E-state index >= 15 is 0 Å². The van der Waals surface area contributed by atoms with Gasteiger partial charge in [-0.2, -0.15) is 0 Å². The average molecular weight is 361 g/mol. The predicted octanol–water partition coefficient (Wildman–Crippen LogP) is 2.47. The van der Waals surface area contributed by atoms with Crippen LogP contribution in [0.1, 0.15) is 43.0 Å². The summed E-state index contributed by atoms with van der Waals surface area (Å²) in [7, 11) is 1.34. The molecule has 2 atom stereocenters. The number of esters is 1. The number of benzene rings is 1. The van der Waals surface area contributed by atoms with E-state index in [4.69, 9.17) is 9.47 Å². The molecule has 6 heteroatoms. The van der Waals surface area contributed by atoms with E-state index in [1.165, 1.54) is 7.11 Å². The second-order valence-corrected chi connectivity index (χ2v) is 6.65. The first-order valence-electron chi connectivity index (χ1n) is 9.06. The maximum absolute atomic E-state index is 12.7. The number of hydrogen-bond donors (Lipinski definition) is 0. The molecule has 1 aliphatic heterocycles. The molecule has 142 valence electrons. The quantitative estimate of drug-likeness (QED) is 0.499. The lowest BCUT2D eigenvalue weighted by molar-refractivity contribution is -0.146. The van der Waals surface area contributed by atoms with Crippen molar-refractivity contribution in [1.82, 2.24) is 4.90 Å². The summed E-state index contributed by atoms with van der Waals surface area (Å²) in [5, 5.41) is 0. The van der Waals surface area contributed by atoms with E-state index in [0.29, 0.717) is 18.7 Å². The molecule has 6 nitrogen and oxygen atoms in total. The maximum Gasteiger partial charge on any atom is 0.310 e. The largest absolute Gasteiger partial charge is 0.469 e. The molecule has 0 aliphatic carbocycles. The first-order chi connectivity index (χ1) is 12.5. The molecule has 1 aromatic rings. The van der Waals surface area contributed by atoms with E-state index < -0.39 is 5.92 Å². The van der Waals surface area contributed by atoms with Crippen LogP contribution in [0.5, 0.6) is 0 Å². The Bertz CT molecular complexity index is 610. The van der Waals surface area contributed by atoms with Crippen LogP contribution in [-0.4, -0.2) is 55.5 Å². The number of nitrogens with zero attached hydrogens (tertiary/aromatic N) is 1. The highest BCUT2D eigenvalue weighted by molar-refractivity contribution is 5.97. The van der Waals surface area contributed by atoms with Gasteiger partial charge in [0.2, 0.25) is 5.91 Å². The van der Waals surface area contributed by atoms with Crippen LogP contribution >= 0.6 is 0 Å². The smallest absolute Gasteiger partial charge is 0.310 e. The molecule has 1 amide bonds. The molecule has 0 saturated carbocycles. The zero-order valence-electron chi connectivity index (χ0n) is 15.5. The molecular weight excluding hydrogens is 334 g/mol. The fraction of sp³-hybridized carbons (Fsp3) is 0.550. The van der Waals surface area contributed by atoms with Crippen LogP contribution in [0.2, 0.25) is 0 Å². The van der Waals surface area contributed by atoms with Crippen molar-refractivity contribution in [2.24, 2.45) is 5.92 Å². The average Bonchev–Trinajstić information content (AvgIpc) is 3.18. The van der Waals surface area contributed by atoms with Gasteiger partial charge in [0, 0.05) is 38.1 Å². The lowest BCUT2D eigenvalue weighted by Crippen LogP contribution is -2.41. The van der Waals surface area contributed by atoms with Gasteiger partial charge in [-0.15, -0.1) is 0 Å². The van der Waals surface area contributed by atoms with Crippen LogP contribution in [-0.2, 0) is 19.1 Å². The van der Waals surface area contributed by atoms with Crippen LogP contribution in [0, 0.1) is 5.92 Å². The highest BCUT2D eigenvalue weighted by atomic mass is 16.5. The molecule has 2 unspecified atom stereocenters. The van der Waals surface area contributed by atoms with Gasteiger partial charge in [0.25, 0.3) is 0 Å². The van der Waals surface area contributed by atoms with Gasteiger partial charge in [0.1, 0.15) is 0 Å². The molecule has 0 radical (unpaired) electrons. The number of hydrogen-bond acceptors (Lipinski definition) is 5. The second-order valence-electron chi connectivity index (χ2n) is 6.65. The minimum atomic E-state index is -0.421. The zero-order valence-corrected chi connectivity index (χ0v) is 15.5. The molecule has 1 fully saturated rings. The Labute approximate surface area is 154 Å². The number of Topliss-reactive ketones (excluding diaryl/α,β-unsaturated/α-hetero) is 1. The first kappa shape index (κ1) is 20.1. The van der Waals surface area contributed by atoms with Crippen LogP contribution in [0.3, 0.4) is 0 Å². The SMILES string of the molecule is COC(=O)C(C)CN(CC1CCCO1)C(=O)CCC(=O)c1ccccc1. The highest BCUT2D eigenvalue weighted by Gasteiger charge is 2.26. The number of amides is 1. The van der Waals surface area contributed by atoms with E-state index in [0.717, 1.165) is 12.8 Å². The van der Waals surface area contributed by atoms with Crippen molar-refractivity contribution >= 4 is 17.7 Å². The van der Waals surface area contributed by atoms with Gasteiger partial charge in [-0.25, -0.2) is 0 Å². The molecule has 0 N–H and O–H groups in total. The molecule has 2 rings (SSSR count). The van der Waals surface area contributed by atoms with E-state index in [1.54, 1.807) is 36.1 Å². The maximum atomic E-state index is 12.7. The van der Waals surface area contributed by atoms with Gasteiger partial charge in [-0.3, -0.25) is 14.4 Å². The Morgan fingerprint density at radius 1 is 1.23 bits per heavy atom. The summed E-state index contributed by atoms with van der Waals surface area (Å²) in [5.74, 6) is -0.969. The molecule has 26 heavy (non-hydrogen) atoms. The number of ketones is 1. The minimum Gasteiger partial charge on any atom is -0.469 e. The third-order valence-corrected chi connectivity index (χ3v) is 4.56. The number of carbonyl (C=O) groups excluding carboxylic acids is 3. The molecule has 0 aromatic heterocycles. The number of ether oxygens (including phenoxy) is 2. The van der Waals surface area contributed by atoms with Gasteiger partial charge >= 0.3 is 5.97 Å². The summed E-state index contributed by atoms with van der Waals surface area (Å²) in [6, 6.07) is 8.94. The predicted molar refractivity (Wildman–Crippen MR) is 96.7 cm³/mol. The number of methoxy groups -OCH3 is 1. The summed E-state index contributed by atoms with van der Waals surface area (Å²) in [6.45, 7) is 3.15. The normalized spacial score (nSPS) is 17.5. The van der Waals surface area contributed by atoms with Crippen molar-refractivity contribution in [3.8, 4) is 0 Å². The standard InChI is InChI=1S/C20H27NO5/c1-15(20(24)25-2)13-21(14-17-9-6-12-26-17)19(23)11-10-18(22)16-7-4-3-5-8-16/h3-5,7-8,15,17H,6,9-14H2,1-2H3. The van der Waals surface area contributed by atoms with Crippen molar-refractivity contribution in [1.29, 1.82) is 0 Å². The van der Waals surface area contributed by atoms with Crippen molar-refractivity contribution in [3.05, 3.63) is 35.9 Å². The van der Waals surface area contributed by atoms with Crippen molar-refractivity contribution in [3.63, 3.8) is 0 Å².